The van der Waals surface area contributed by atoms with E-state index in [2.05, 4.69) is 24.5 Å². The Morgan fingerprint density at radius 3 is 2.54 bits per heavy atom. The topological polar surface area (TPSA) is 38.3 Å². The Morgan fingerprint density at radius 2 is 1.83 bits per heavy atom. The molecule has 0 heterocycles. The number of hydrogen-bond donors (Lipinski definition) is 1. The maximum Gasteiger partial charge on any atom is 0.274 e. The number of carbonyl (C=O) groups excluding carboxylic acids is 1. The first-order chi connectivity index (χ1) is 11.7. The van der Waals surface area contributed by atoms with E-state index in [4.69, 9.17) is 4.84 Å². The molecule has 0 aromatic heterocycles. The fourth-order valence-corrected chi connectivity index (χ4v) is 3.46. The lowest BCUT2D eigenvalue weighted by molar-refractivity contribution is 0.0233. The van der Waals surface area contributed by atoms with E-state index in [-0.39, 0.29) is 5.91 Å². The van der Waals surface area contributed by atoms with Crippen molar-refractivity contribution in [2.45, 2.75) is 45.1 Å². The van der Waals surface area contributed by atoms with Crippen LogP contribution in [0.4, 0.5) is 0 Å². The zero-order valence-electron chi connectivity index (χ0n) is 14.2. The van der Waals surface area contributed by atoms with Gasteiger partial charge in [0.1, 0.15) is 0 Å². The zero-order valence-corrected chi connectivity index (χ0v) is 14.2. The molecule has 1 aliphatic carbocycles. The van der Waals surface area contributed by atoms with Gasteiger partial charge >= 0.3 is 0 Å². The predicted molar refractivity (Wildman–Crippen MR) is 95.5 cm³/mol. The third-order valence-electron chi connectivity index (χ3n) is 4.83. The maximum absolute atomic E-state index is 12.1. The van der Waals surface area contributed by atoms with Crippen LogP contribution in [-0.2, 0) is 11.4 Å². The van der Waals surface area contributed by atoms with Crippen molar-refractivity contribution >= 4 is 5.91 Å². The normalized spacial score (nSPS) is 20.5. The molecule has 0 radical (unpaired) electrons. The van der Waals surface area contributed by atoms with E-state index in [9.17, 15) is 4.79 Å². The van der Waals surface area contributed by atoms with Crippen LogP contribution in [0.5, 0.6) is 0 Å². The molecule has 0 aliphatic heterocycles. The average molecular weight is 323 g/mol. The van der Waals surface area contributed by atoms with E-state index in [1.807, 2.05) is 42.5 Å². The second-order valence-corrected chi connectivity index (χ2v) is 6.80. The molecule has 1 N–H and O–H groups in total. The number of carbonyl (C=O) groups is 1. The van der Waals surface area contributed by atoms with Crippen LogP contribution in [-0.4, -0.2) is 5.91 Å². The summed E-state index contributed by atoms with van der Waals surface area (Å²) in [5.41, 5.74) is 5.53. The van der Waals surface area contributed by atoms with Crippen molar-refractivity contribution in [3.8, 4) is 0 Å². The van der Waals surface area contributed by atoms with Crippen LogP contribution in [0.3, 0.4) is 0 Å². The Hall–Kier alpha value is -2.13. The maximum atomic E-state index is 12.1. The van der Waals surface area contributed by atoms with Gasteiger partial charge in [0.05, 0.1) is 6.61 Å². The summed E-state index contributed by atoms with van der Waals surface area (Å²) in [6, 6.07) is 17.8. The second-order valence-electron chi connectivity index (χ2n) is 6.80. The second kappa shape index (κ2) is 8.11. The van der Waals surface area contributed by atoms with Crippen molar-refractivity contribution < 1.29 is 9.63 Å². The van der Waals surface area contributed by atoms with Gasteiger partial charge in [0, 0.05) is 5.56 Å². The third-order valence-corrected chi connectivity index (χ3v) is 4.83. The van der Waals surface area contributed by atoms with Crippen molar-refractivity contribution in [2.24, 2.45) is 5.92 Å². The van der Waals surface area contributed by atoms with Crippen molar-refractivity contribution in [3.63, 3.8) is 0 Å². The molecule has 3 heteroatoms. The van der Waals surface area contributed by atoms with Crippen LogP contribution in [0.1, 0.15) is 60.0 Å². The van der Waals surface area contributed by atoms with E-state index in [0.29, 0.717) is 18.1 Å². The van der Waals surface area contributed by atoms with Gasteiger partial charge in [-0.25, -0.2) is 5.48 Å². The minimum absolute atomic E-state index is 0.200. The van der Waals surface area contributed by atoms with Crippen molar-refractivity contribution in [1.82, 2.24) is 5.48 Å². The highest BCUT2D eigenvalue weighted by molar-refractivity contribution is 5.93. The first-order valence-electron chi connectivity index (χ1n) is 8.78. The molecule has 1 saturated carbocycles. The van der Waals surface area contributed by atoms with Crippen LogP contribution in [0.25, 0.3) is 0 Å². The Bertz CT molecular complexity index is 651. The molecule has 0 bridgehead atoms. The van der Waals surface area contributed by atoms with Crippen LogP contribution < -0.4 is 5.48 Å². The summed E-state index contributed by atoms with van der Waals surface area (Å²) in [6.45, 7) is 2.70. The molecule has 1 fully saturated rings. The summed E-state index contributed by atoms with van der Waals surface area (Å²) in [5, 5.41) is 0. The number of rotatable bonds is 5. The van der Waals surface area contributed by atoms with E-state index in [1.165, 1.54) is 31.2 Å². The molecule has 126 valence electrons. The molecule has 2 aromatic carbocycles. The lowest BCUT2D eigenvalue weighted by atomic mass is 9.79. The molecule has 3 nitrogen and oxygen atoms in total. The van der Waals surface area contributed by atoms with Crippen molar-refractivity contribution in [3.05, 3.63) is 71.3 Å². The largest absolute Gasteiger partial charge is 0.274 e. The Kier molecular flexibility index (Phi) is 5.65. The predicted octanol–water partition coefficient (Wildman–Crippen LogP) is 4.84. The molecule has 0 saturated heterocycles. The van der Waals surface area contributed by atoms with Crippen molar-refractivity contribution in [1.29, 1.82) is 0 Å². The van der Waals surface area contributed by atoms with Gasteiger partial charge in [-0.2, -0.15) is 0 Å². The fraction of sp³-hybridized carbons (Fsp3) is 0.381. The van der Waals surface area contributed by atoms with E-state index >= 15 is 0 Å². The molecule has 1 amide bonds. The minimum Gasteiger partial charge on any atom is -0.269 e. The van der Waals surface area contributed by atoms with Gasteiger partial charge in [-0.05, 0) is 47.9 Å². The van der Waals surface area contributed by atoms with Gasteiger partial charge in [-0.15, -0.1) is 0 Å². The Balaban J connectivity index is 1.52. The number of hydroxylamine groups is 1. The number of benzene rings is 2. The SMILES string of the molecule is CC1CCCC(c2ccc(C(=O)NOCc3ccccc3)cc2)C1. The number of nitrogens with one attached hydrogen (secondary N) is 1. The molecular weight excluding hydrogens is 298 g/mol. The van der Waals surface area contributed by atoms with Crippen LogP contribution in [0.2, 0.25) is 0 Å². The van der Waals surface area contributed by atoms with Crippen molar-refractivity contribution in [2.75, 3.05) is 0 Å². The number of amides is 1. The van der Waals surface area contributed by atoms with Crippen LogP contribution in [0.15, 0.2) is 54.6 Å². The quantitative estimate of drug-likeness (QED) is 0.799. The first-order valence-corrected chi connectivity index (χ1v) is 8.78. The highest BCUT2D eigenvalue weighted by Gasteiger charge is 2.20. The molecule has 24 heavy (non-hydrogen) atoms. The number of hydrogen-bond acceptors (Lipinski definition) is 2. The van der Waals surface area contributed by atoms with E-state index in [0.717, 1.165) is 11.5 Å². The van der Waals surface area contributed by atoms with E-state index in [1.54, 1.807) is 0 Å². The molecule has 2 unspecified atom stereocenters. The lowest BCUT2D eigenvalue weighted by Crippen LogP contribution is -2.23. The van der Waals surface area contributed by atoms with Gasteiger partial charge in [0.2, 0.25) is 0 Å². The fourth-order valence-electron chi connectivity index (χ4n) is 3.46. The summed E-state index contributed by atoms with van der Waals surface area (Å²) in [4.78, 5) is 17.4. The molecular formula is C21H25NO2. The van der Waals surface area contributed by atoms with Gasteiger partial charge in [-0.3, -0.25) is 9.63 Å². The van der Waals surface area contributed by atoms with Gasteiger partial charge in [-0.1, -0.05) is 62.2 Å². The first kappa shape index (κ1) is 16.7. The smallest absolute Gasteiger partial charge is 0.269 e. The minimum atomic E-state index is -0.200. The van der Waals surface area contributed by atoms with Gasteiger partial charge < -0.3 is 0 Å². The van der Waals surface area contributed by atoms with Crippen LogP contribution >= 0.6 is 0 Å². The molecule has 1 aliphatic rings. The zero-order chi connectivity index (χ0) is 16.8. The molecule has 0 spiro atoms. The highest BCUT2D eigenvalue weighted by atomic mass is 16.6. The summed E-state index contributed by atoms with van der Waals surface area (Å²) in [5.74, 6) is 1.24. The van der Waals surface area contributed by atoms with Crippen LogP contribution in [0, 0.1) is 5.92 Å². The summed E-state index contributed by atoms with van der Waals surface area (Å²) in [7, 11) is 0. The molecule has 3 rings (SSSR count). The summed E-state index contributed by atoms with van der Waals surface area (Å²) >= 11 is 0. The standard InChI is InChI=1S/C21H25NO2/c1-16-6-5-9-20(14-16)18-10-12-19(13-11-18)21(23)22-24-15-17-7-3-2-4-8-17/h2-4,7-8,10-13,16,20H,5-6,9,14-15H2,1H3,(H,22,23). The average Bonchev–Trinajstić information content (AvgIpc) is 2.63. The Labute approximate surface area is 144 Å². The molecule has 2 aromatic rings. The Morgan fingerprint density at radius 1 is 1.08 bits per heavy atom. The summed E-state index contributed by atoms with van der Waals surface area (Å²) < 4.78 is 0. The molecule has 2 atom stereocenters. The van der Waals surface area contributed by atoms with Gasteiger partial charge in [0.25, 0.3) is 5.91 Å². The third kappa shape index (κ3) is 4.45. The highest BCUT2D eigenvalue weighted by Crippen LogP contribution is 2.35. The monoisotopic (exact) mass is 323 g/mol. The van der Waals surface area contributed by atoms with E-state index < -0.39 is 0 Å². The van der Waals surface area contributed by atoms with Gasteiger partial charge in [0.15, 0.2) is 0 Å². The summed E-state index contributed by atoms with van der Waals surface area (Å²) in [6.07, 6.45) is 5.17. The lowest BCUT2D eigenvalue weighted by Gasteiger charge is -2.27.